The van der Waals surface area contributed by atoms with Crippen molar-refractivity contribution in [1.29, 1.82) is 0 Å². The number of hydrogen-bond donors (Lipinski definition) is 1. The molecule has 6 nitrogen and oxygen atoms in total. The predicted octanol–water partition coefficient (Wildman–Crippen LogP) is 3.55. The molecule has 0 aliphatic heterocycles. The maximum absolute atomic E-state index is 12.5. The minimum Gasteiger partial charge on any atom is -0.497 e. The van der Waals surface area contributed by atoms with Gasteiger partial charge in [0.15, 0.2) is 0 Å². The third-order valence-electron chi connectivity index (χ3n) is 4.73. The van der Waals surface area contributed by atoms with Crippen LogP contribution < -0.4 is 14.8 Å². The quantitative estimate of drug-likeness (QED) is 0.756. The van der Waals surface area contributed by atoms with Crippen LogP contribution in [0.15, 0.2) is 42.5 Å². The van der Waals surface area contributed by atoms with Crippen LogP contribution in [0.1, 0.15) is 35.7 Å². The lowest BCUT2D eigenvalue weighted by Gasteiger charge is -2.15. The van der Waals surface area contributed by atoms with Crippen molar-refractivity contribution >= 4 is 17.6 Å². The van der Waals surface area contributed by atoms with Crippen molar-refractivity contribution in [2.75, 3.05) is 26.1 Å². The summed E-state index contributed by atoms with van der Waals surface area (Å²) in [6, 6.07) is 12.3. The summed E-state index contributed by atoms with van der Waals surface area (Å²) in [5.74, 6) is 0.636. The number of carbonyl (C=O) groups excluding carboxylic acids is 2. The lowest BCUT2D eigenvalue weighted by Crippen LogP contribution is -2.23. The van der Waals surface area contributed by atoms with E-state index in [1.807, 2.05) is 12.1 Å². The van der Waals surface area contributed by atoms with Crippen molar-refractivity contribution in [3.8, 4) is 11.5 Å². The van der Waals surface area contributed by atoms with E-state index in [1.165, 1.54) is 14.2 Å². The van der Waals surface area contributed by atoms with Gasteiger partial charge in [0.1, 0.15) is 11.5 Å². The molecule has 0 radical (unpaired) electrons. The minimum absolute atomic E-state index is 0.176. The highest BCUT2D eigenvalue weighted by molar-refractivity contribution is 6.04. The summed E-state index contributed by atoms with van der Waals surface area (Å²) in [6.45, 7) is 2.18. The molecule has 0 aromatic heterocycles. The summed E-state index contributed by atoms with van der Waals surface area (Å²) in [5.41, 5.74) is 1.48. The number of esters is 1. The van der Waals surface area contributed by atoms with E-state index in [9.17, 15) is 9.59 Å². The molecule has 1 aliphatic rings. The summed E-state index contributed by atoms with van der Waals surface area (Å²) in [7, 11) is 3.07. The van der Waals surface area contributed by atoms with E-state index >= 15 is 0 Å². The van der Waals surface area contributed by atoms with Crippen LogP contribution in [0.25, 0.3) is 0 Å². The number of rotatable bonds is 7. The van der Waals surface area contributed by atoms with Crippen LogP contribution in [0, 0.1) is 0 Å². The summed E-state index contributed by atoms with van der Waals surface area (Å²) >= 11 is 0. The number of benzene rings is 2. The van der Waals surface area contributed by atoms with E-state index < -0.39 is 5.41 Å². The number of anilines is 1. The van der Waals surface area contributed by atoms with E-state index in [-0.39, 0.29) is 11.9 Å². The molecule has 1 saturated carbocycles. The number of methoxy groups -OCH3 is 2. The van der Waals surface area contributed by atoms with Gasteiger partial charge in [-0.3, -0.25) is 9.59 Å². The fourth-order valence-electron chi connectivity index (χ4n) is 3.02. The molecule has 0 heterocycles. The molecule has 27 heavy (non-hydrogen) atoms. The number of amides is 1. The van der Waals surface area contributed by atoms with Crippen LogP contribution in [-0.4, -0.2) is 32.7 Å². The summed E-state index contributed by atoms with van der Waals surface area (Å²) in [4.78, 5) is 24.7. The number of nitrogens with one attached hydrogen (secondary N) is 1. The van der Waals surface area contributed by atoms with E-state index in [0.717, 1.165) is 18.4 Å². The van der Waals surface area contributed by atoms with Gasteiger partial charge < -0.3 is 19.5 Å². The first-order valence-corrected chi connectivity index (χ1v) is 8.84. The van der Waals surface area contributed by atoms with Gasteiger partial charge in [-0.1, -0.05) is 12.1 Å². The second-order valence-corrected chi connectivity index (χ2v) is 6.44. The largest absolute Gasteiger partial charge is 0.497 e. The van der Waals surface area contributed by atoms with Crippen LogP contribution in [-0.2, 0) is 14.9 Å². The van der Waals surface area contributed by atoms with Gasteiger partial charge in [0.2, 0.25) is 0 Å². The molecule has 0 unspecified atom stereocenters. The molecule has 0 atom stereocenters. The fourth-order valence-corrected chi connectivity index (χ4v) is 3.02. The Kier molecular flexibility index (Phi) is 5.35. The van der Waals surface area contributed by atoms with E-state index in [0.29, 0.717) is 29.4 Å². The number of hydrogen-bond acceptors (Lipinski definition) is 5. The van der Waals surface area contributed by atoms with Gasteiger partial charge in [-0.25, -0.2) is 0 Å². The summed E-state index contributed by atoms with van der Waals surface area (Å²) < 4.78 is 15.6. The molecule has 2 aromatic carbocycles. The third-order valence-corrected chi connectivity index (χ3v) is 4.73. The lowest BCUT2D eigenvalue weighted by atomic mass is 9.96. The zero-order valence-electron chi connectivity index (χ0n) is 15.7. The Morgan fingerprint density at radius 1 is 1.00 bits per heavy atom. The molecule has 0 saturated heterocycles. The van der Waals surface area contributed by atoms with E-state index in [2.05, 4.69) is 5.32 Å². The zero-order chi connectivity index (χ0) is 19.4. The number of carbonyl (C=O) groups is 2. The van der Waals surface area contributed by atoms with Crippen molar-refractivity contribution in [2.24, 2.45) is 0 Å². The lowest BCUT2D eigenvalue weighted by molar-refractivity contribution is -0.146. The highest BCUT2D eigenvalue weighted by Crippen LogP contribution is 2.49. The van der Waals surface area contributed by atoms with Crippen LogP contribution >= 0.6 is 0 Å². The summed E-state index contributed by atoms with van der Waals surface area (Å²) in [5, 5.41) is 2.85. The summed E-state index contributed by atoms with van der Waals surface area (Å²) in [6.07, 6.45) is 1.59. The standard InChI is InChI=1S/C21H23NO5/c1-4-27-20(24)21(9-10-21)15-5-7-16(8-6-15)22-19(23)14-11-17(25-2)13-18(12-14)26-3/h5-8,11-13H,4,9-10H2,1-3H3,(H,22,23). The molecule has 1 N–H and O–H groups in total. The predicted molar refractivity (Wildman–Crippen MR) is 101 cm³/mol. The fraction of sp³-hybridized carbons (Fsp3) is 0.333. The van der Waals surface area contributed by atoms with Crippen LogP contribution in [0.2, 0.25) is 0 Å². The Bertz CT molecular complexity index is 818. The van der Waals surface area contributed by atoms with Gasteiger partial charge in [0.05, 0.1) is 26.2 Å². The Morgan fingerprint density at radius 2 is 1.59 bits per heavy atom. The van der Waals surface area contributed by atoms with E-state index in [4.69, 9.17) is 14.2 Å². The second kappa shape index (κ2) is 7.70. The molecule has 1 amide bonds. The Balaban J connectivity index is 1.74. The van der Waals surface area contributed by atoms with Gasteiger partial charge in [0, 0.05) is 17.3 Å². The molecule has 0 spiro atoms. The topological polar surface area (TPSA) is 73.9 Å². The first-order valence-electron chi connectivity index (χ1n) is 8.84. The van der Waals surface area contributed by atoms with Gasteiger partial charge in [0.25, 0.3) is 5.91 Å². The normalized spacial score (nSPS) is 14.2. The maximum Gasteiger partial charge on any atom is 0.316 e. The smallest absolute Gasteiger partial charge is 0.316 e. The van der Waals surface area contributed by atoms with Crippen molar-refractivity contribution < 1.29 is 23.8 Å². The minimum atomic E-state index is -0.515. The average Bonchev–Trinajstić information content (AvgIpc) is 3.50. The molecular weight excluding hydrogens is 346 g/mol. The van der Waals surface area contributed by atoms with Gasteiger partial charge in [-0.15, -0.1) is 0 Å². The number of ether oxygens (including phenoxy) is 3. The Labute approximate surface area is 158 Å². The van der Waals surface area contributed by atoms with E-state index in [1.54, 1.807) is 37.3 Å². The van der Waals surface area contributed by atoms with Crippen LogP contribution in [0.3, 0.4) is 0 Å². The van der Waals surface area contributed by atoms with Crippen molar-refractivity contribution in [2.45, 2.75) is 25.2 Å². The van der Waals surface area contributed by atoms with Gasteiger partial charge in [-0.05, 0) is 49.6 Å². The molecule has 3 rings (SSSR count). The average molecular weight is 369 g/mol. The molecule has 1 aliphatic carbocycles. The molecule has 6 heteroatoms. The third kappa shape index (κ3) is 3.89. The molecule has 1 fully saturated rings. The Morgan fingerprint density at radius 3 is 2.07 bits per heavy atom. The maximum atomic E-state index is 12.5. The van der Waals surface area contributed by atoms with Gasteiger partial charge >= 0.3 is 5.97 Å². The molecular formula is C21H23NO5. The second-order valence-electron chi connectivity index (χ2n) is 6.44. The zero-order valence-corrected chi connectivity index (χ0v) is 15.7. The highest BCUT2D eigenvalue weighted by Gasteiger charge is 2.52. The van der Waals surface area contributed by atoms with Gasteiger partial charge in [-0.2, -0.15) is 0 Å². The van der Waals surface area contributed by atoms with Crippen molar-refractivity contribution in [1.82, 2.24) is 0 Å². The van der Waals surface area contributed by atoms with Crippen molar-refractivity contribution in [3.05, 3.63) is 53.6 Å². The monoisotopic (exact) mass is 369 g/mol. The molecule has 142 valence electrons. The molecule has 2 aromatic rings. The Hall–Kier alpha value is -3.02. The molecule has 0 bridgehead atoms. The first kappa shape index (κ1) is 18.8. The first-order chi connectivity index (χ1) is 13.0. The highest BCUT2D eigenvalue weighted by atomic mass is 16.5. The van der Waals surface area contributed by atoms with Crippen LogP contribution in [0.4, 0.5) is 5.69 Å². The van der Waals surface area contributed by atoms with Crippen molar-refractivity contribution in [3.63, 3.8) is 0 Å². The SMILES string of the molecule is CCOC(=O)C1(c2ccc(NC(=O)c3cc(OC)cc(OC)c3)cc2)CC1. The van der Waals surface area contributed by atoms with Crippen LogP contribution in [0.5, 0.6) is 11.5 Å².